The van der Waals surface area contributed by atoms with Gasteiger partial charge < -0.3 is 4.57 Å². The molecule has 1 aromatic heterocycles. The van der Waals surface area contributed by atoms with Crippen LogP contribution in [0.2, 0.25) is 0 Å². The van der Waals surface area contributed by atoms with E-state index in [-0.39, 0.29) is 18.0 Å². The first kappa shape index (κ1) is 19.6. The van der Waals surface area contributed by atoms with E-state index in [1.807, 2.05) is 30.3 Å². The second kappa shape index (κ2) is 7.11. The molecule has 158 valence electrons. The van der Waals surface area contributed by atoms with E-state index in [2.05, 4.69) is 0 Å². The largest absolute Gasteiger partial charge is 0.418 e. The van der Waals surface area contributed by atoms with Crippen LogP contribution in [0, 0.1) is 11.8 Å². The molecule has 2 aliphatic heterocycles. The molecule has 2 aromatic carbocycles. The van der Waals surface area contributed by atoms with Crippen LogP contribution in [0.4, 0.5) is 18.9 Å². The van der Waals surface area contributed by atoms with Gasteiger partial charge in [0.2, 0.25) is 11.8 Å². The van der Waals surface area contributed by atoms with Crippen LogP contribution in [0.5, 0.6) is 0 Å². The van der Waals surface area contributed by atoms with E-state index in [1.54, 1.807) is 34.9 Å². The molecule has 7 heteroatoms. The van der Waals surface area contributed by atoms with Gasteiger partial charge in [0.05, 0.1) is 23.1 Å². The summed E-state index contributed by atoms with van der Waals surface area (Å²) in [5.74, 6) is -2.31. The molecule has 0 unspecified atom stereocenters. The molecule has 31 heavy (non-hydrogen) atoms. The Balaban J connectivity index is 1.62. The van der Waals surface area contributed by atoms with Gasteiger partial charge in [-0.3, -0.25) is 9.59 Å². The molecular weight excluding hydrogens is 405 g/mol. The number of fused-ring (bicyclic) bond motifs is 2. The fourth-order valence-corrected chi connectivity index (χ4v) is 4.95. The zero-order valence-electron chi connectivity index (χ0n) is 16.4. The highest BCUT2D eigenvalue weighted by molar-refractivity contribution is 6.22. The number of imide groups is 1. The Labute approximate surface area is 176 Å². The summed E-state index contributed by atoms with van der Waals surface area (Å²) in [4.78, 5) is 27.8. The van der Waals surface area contributed by atoms with E-state index in [0.717, 1.165) is 16.5 Å². The van der Waals surface area contributed by atoms with E-state index in [1.165, 1.54) is 6.20 Å². The number of alkyl halides is 3. The Morgan fingerprint density at radius 2 is 1.52 bits per heavy atom. The maximum atomic E-state index is 13.6. The van der Waals surface area contributed by atoms with Crippen LogP contribution < -0.4 is 4.90 Å². The molecule has 1 fully saturated rings. The number of carbonyl (C=O) groups excluding carboxylic acids is 2. The van der Waals surface area contributed by atoms with Crippen LogP contribution in [-0.2, 0) is 28.6 Å². The first-order chi connectivity index (χ1) is 14.9. The van der Waals surface area contributed by atoms with Crippen LogP contribution in [-0.4, -0.2) is 16.4 Å². The third-order valence-electron chi connectivity index (χ3n) is 6.29. The Hall–Kier alpha value is -3.35. The molecule has 0 aliphatic carbocycles. The third-order valence-corrected chi connectivity index (χ3v) is 6.29. The summed E-state index contributed by atoms with van der Waals surface area (Å²) in [5.41, 5.74) is 0.694. The highest BCUT2D eigenvalue weighted by atomic mass is 19.4. The standard InChI is InChI=1S/C24H19F3N2O2/c25-24(26,27)18-11-12-28-19(18)14-17-21(20(28)13-15-7-3-1-4-8-15)23(31)29(22(17)30)16-9-5-2-6-10-16/h1-12,17,20-21H,13-14H2/t17-,20+,21-/m0/s1. The molecule has 1 saturated heterocycles. The Bertz CT molecular complexity index is 1140. The van der Waals surface area contributed by atoms with Gasteiger partial charge >= 0.3 is 6.18 Å². The second-order valence-electron chi connectivity index (χ2n) is 8.02. The molecular formula is C24H19F3N2O2. The number of para-hydroxylation sites is 1. The van der Waals surface area contributed by atoms with Crippen molar-refractivity contribution in [2.45, 2.75) is 25.1 Å². The molecule has 0 N–H and O–H groups in total. The number of anilines is 1. The van der Waals surface area contributed by atoms with E-state index in [0.29, 0.717) is 12.1 Å². The predicted octanol–water partition coefficient (Wildman–Crippen LogP) is 4.65. The molecule has 2 aliphatic rings. The van der Waals surface area contributed by atoms with Crippen molar-refractivity contribution in [3.05, 3.63) is 89.7 Å². The lowest BCUT2D eigenvalue weighted by Gasteiger charge is -2.34. The molecule has 3 aromatic rings. The van der Waals surface area contributed by atoms with Crippen LogP contribution in [0.15, 0.2) is 72.9 Å². The van der Waals surface area contributed by atoms with Crippen LogP contribution in [0.3, 0.4) is 0 Å². The number of nitrogens with zero attached hydrogens (tertiary/aromatic N) is 2. The van der Waals surface area contributed by atoms with Gasteiger partial charge in [-0.05, 0) is 30.2 Å². The lowest BCUT2D eigenvalue weighted by molar-refractivity contribution is -0.139. The van der Waals surface area contributed by atoms with Gasteiger partial charge in [-0.25, -0.2) is 4.90 Å². The fourth-order valence-electron chi connectivity index (χ4n) is 4.95. The van der Waals surface area contributed by atoms with Crippen molar-refractivity contribution in [3.8, 4) is 0 Å². The summed E-state index contributed by atoms with van der Waals surface area (Å²) in [7, 11) is 0. The zero-order valence-corrected chi connectivity index (χ0v) is 16.4. The summed E-state index contributed by atoms with van der Waals surface area (Å²) in [5, 5.41) is 0. The van der Waals surface area contributed by atoms with Crippen LogP contribution in [0.25, 0.3) is 0 Å². The van der Waals surface area contributed by atoms with Crippen molar-refractivity contribution in [1.29, 1.82) is 0 Å². The SMILES string of the molecule is O=C1[C@H]2[C@H](Cc3c(C(F)(F)F)ccn3[C@@H]2Cc2ccccc2)C(=O)N1c1ccccc1. The van der Waals surface area contributed by atoms with Gasteiger partial charge in [0.15, 0.2) is 0 Å². The minimum atomic E-state index is -4.52. The quantitative estimate of drug-likeness (QED) is 0.575. The monoisotopic (exact) mass is 424 g/mol. The molecule has 3 heterocycles. The van der Waals surface area contributed by atoms with E-state index in [9.17, 15) is 22.8 Å². The smallest absolute Gasteiger partial charge is 0.347 e. The van der Waals surface area contributed by atoms with E-state index in [4.69, 9.17) is 0 Å². The average Bonchev–Trinajstić information content (AvgIpc) is 3.29. The highest BCUT2D eigenvalue weighted by Gasteiger charge is 2.55. The predicted molar refractivity (Wildman–Crippen MR) is 108 cm³/mol. The maximum absolute atomic E-state index is 13.6. The number of benzene rings is 2. The number of halogens is 3. The summed E-state index contributed by atoms with van der Waals surface area (Å²) in [6.07, 6.45) is -2.85. The molecule has 0 spiro atoms. The summed E-state index contributed by atoms with van der Waals surface area (Å²) in [6, 6.07) is 18.4. The Morgan fingerprint density at radius 1 is 0.871 bits per heavy atom. The van der Waals surface area contributed by atoms with Crippen molar-refractivity contribution in [3.63, 3.8) is 0 Å². The van der Waals surface area contributed by atoms with Crippen molar-refractivity contribution in [2.24, 2.45) is 11.8 Å². The van der Waals surface area contributed by atoms with Gasteiger partial charge in [0, 0.05) is 24.4 Å². The lowest BCUT2D eigenvalue weighted by atomic mass is 9.79. The molecule has 0 radical (unpaired) electrons. The van der Waals surface area contributed by atoms with Gasteiger partial charge in [-0.1, -0.05) is 48.5 Å². The number of rotatable bonds is 3. The van der Waals surface area contributed by atoms with E-state index < -0.39 is 35.5 Å². The van der Waals surface area contributed by atoms with Gasteiger partial charge in [0.1, 0.15) is 0 Å². The molecule has 5 rings (SSSR count). The summed E-state index contributed by atoms with van der Waals surface area (Å²) in [6.45, 7) is 0. The van der Waals surface area contributed by atoms with Crippen molar-refractivity contribution < 1.29 is 22.8 Å². The van der Waals surface area contributed by atoms with Crippen LogP contribution in [0.1, 0.15) is 22.9 Å². The molecule has 4 nitrogen and oxygen atoms in total. The summed E-state index contributed by atoms with van der Waals surface area (Å²) >= 11 is 0. The molecule has 0 bridgehead atoms. The van der Waals surface area contributed by atoms with Crippen LogP contribution >= 0.6 is 0 Å². The minimum Gasteiger partial charge on any atom is -0.347 e. The average molecular weight is 424 g/mol. The fraction of sp³-hybridized carbons (Fsp3) is 0.250. The summed E-state index contributed by atoms with van der Waals surface area (Å²) < 4.78 is 42.5. The highest BCUT2D eigenvalue weighted by Crippen LogP contribution is 2.47. The lowest BCUT2D eigenvalue weighted by Crippen LogP contribution is -2.37. The maximum Gasteiger partial charge on any atom is 0.418 e. The Kier molecular flexibility index (Phi) is 4.50. The number of aromatic nitrogens is 1. The topological polar surface area (TPSA) is 42.3 Å². The molecule has 0 saturated carbocycles. The number of hydrogen-bond donors (Lipinski definition) is 0. The van der Waals surface area contributed by atoms with Crippen molar-refractivity contribution in [1.82, 2.24) is 4.57 Å². The van der Waals surface area contributed by atoms with E-state index >= 15 is 0 Å². The molecule has 3 atom stereocenters. The minimum absolute atomic E-state index is 0.0748. The number of hydrogen-bond acceptors (Lipinski definition) is 2. The normalized spacial score (nSPS) is 23.1. The third kappa shape index (κ3) is 3.15. The molecule has 2 amide bonds. The number of amides is 2. The number of carbonyl (C=O) groups is 2. The van der Waals surface area contributed by atoms with Gasteiger partial charge in [-0.15, -0.1) is 0 Å². The van der Waals surface area contributed by atoms with Gasteiger partial charge in [0.25, 0.3) is 0 Å². The second-order valence-corrected chi connectivity index (χ2v) is 8.02. The van der Waals surface area contributed by atoms with Crippen molar-refractivity contribution >= 4 is 17.5 Å². The Morgan fingerprint density at radius 3 is 2.16 bits per heavy atom. The van der Waals surface area contributed by atoms with Crippen molar-refractivity contribution in [2.75, 3.05) is 4.90 Å². The first-order valence-corrected chi connectivity index (χ1v) is 10.1. The van der Waals surface area contributed by atoms with Gasteiger partial charge in [-0.2, -0.15) is 13.2 Å². The zero-order chi connectivity index (χ0) is 21.8. The first-order valence-electron chi connectivity index (χ1n) is 10.1.